The van der Waals surface area contributed by atoms with Crippen molar-refractivity contribution in [1.29, 1.82) is 0 Å². The molecule has 0 aliphatic carbocycles. The van der Waals surface area contributed by atoms with Gasteiger partial charge in [-0.05, 0) is 11.6 Å². The third-order valence-electron chi connectivity index (χ3n) is 2.04. The van der Waals surface area contributed by atoms with Gasteiger partial charge in [0, 0.05) is 6.20 Å². The number of carbonyl (C=O) groups excluding carboxylic acids is 1. The summed E-state index contributed by atoms with van der Waals surface area (Å²) in [5.74, 6) is 0. The Kier molecular flexibility index (Phi) is 2.49. The highest BCUT2D eigenvalue weighted by molar-refractivity contribution is 5.71. The predicted octanol–water partition coefficient (Wildman–Crippen LogP) is 2.11. The van der Waals surface area contributed by atoms with Gasteiger partial charge < -0.3 is 4.74 Å². The average molecular weight is 189 g/mol. The van der Waals surface area contributed by atoms with Crippen LogP contribution in [0.5, 0.6) is 0 Å². The number of carbonyl (C=O) groups is 1. The molecular formula is C11H11NO2. The van der Waals surface area contributed by atoms with E-state index in [0.29, 0.717) is 13.2 Å². The lowest BCUT2D eigenvalue weighted by molar-refractivity contribution is 0.166. The molecule has 0 atom stereocenters. The van der Waals surface area contributed by atoms with Crippen molar-refractivity contribution in [2.45, 2.75) is 0 Å². The standard InChI is InChI=1S/C11H11NO2/c13-11-12(8-9-14-11)7-6-10-4-2-1-3-5-10/h1-7H,8-9H2. The van der Waals surface area contributed by atoms with Crippen molar-refractivity contribution in [2.24, 2.45) is 0 Å². The molecule has 1 aromatic carbocycles. The van der Waals surface area contributed by atoms with Gasteiger partial charge in [-0.15, -0.1) is 0 Å². The van der Waals surface area contributed by atoms with Crippen LogP contribution in [-0.2, 0) is 4.74 Å². The molecule has 0 bridgehead atoms. The highest BCUT2D eigenvalue weighted by Crippen LogP contribution is 2.07. The maximum Gasteiger partial charge on any atom is 0.413 e. The van der Waals surface area contributed by atoms with Crippen LogP contribution in [0.4, 0.5) is 4.79 Å². The van der Waals surface area contributed by atoms with Gasteiger partial charge in [-0.1, -0.05) is 30.3 Å². The molecule has 3 nitrogen and oxygen atoms in total. The van der Waals surface area contributed by atoms with Crippen LogP contribution in [-0.4, -0.2) is 24.1 Å². The number of ether oxygens (including phenoxy) is 1. The second-order valence-corrected chi connectivity index (χ2v) is 3.03. The summed E-state index contributed by atoms with van der Waals surface area (Å²) in [6.07, 6.45) is 3.38. The van der Waals surface area contributed by atoms with Crippen molar-refractivity contribution < 1.29 is 9.53 Å². The van der Waals surface area contributed by atoms with Gasteiger partial charge in [-0.2, -0.15) is 0 Å². The SMILES string of the molecule is O=C1OCCN1C=Cc1ccccc1. The first-order chi connectivity index (χ1) is 6.86. The molecule has 0 radical (unpaired) electrons. The Morgan fingerprint density at radius 1 is 1.29 bits per heavy atom. The van der Waals surface area contributed by atoms with Crippen molar-refractivity contribution in [2.75, 3.05) is 13.2 Å². The Morgan fingerprint density at radius 2 is 2.07 bits per heavy atom. The molecule has 0 aromatic heterocycles. The number of rotatable bonds is 2. The van der Waals surface area contributed by atoms with Crippen LogP contribution in [0.25, 0.3) is 6.08 Å². The molecule has 0 N–H and O–H groups in total. The first kappa shape index (κ1) is 8.81. The maximum atomic E-state index is 11.0. The highest BCUT2D eigenvalue weighted by atomic mass is 16.6. The number of hydrogen-bond donors (Lipinski definition) is 0. The third-order valence-corrected chi connectivity index (χ3v) is 2.04. The van der Waals surface area contributed by atoms with Crippen LogP contribution in [0, 0.1) is 0 Å². The zero-order valence-electron chi connectivity index (χ0n) is 7.72. The van der Waals surface area contributed by atoms with E-state index in [1.54, 1.807) is 11.1 Å². The first-order valence-electron chi connectivity index (χ1n) is 4.53. The average Bonchev–Trinajstić information content (AvgIpc) is 2.63. The van der Waals surface area contributed by atoms with Crippen LogP contribution < -0.4 is 0 Å². The lowest BCUT2D eigenvalue weighted by atomic mass is 10.2. The van der Waals surface area contributed by atoms with E-state index < -0.39 is 0 Å². The summed E-state index contributed by atoms with van der Waals surface area (Å²) < 4.78 is 4.79. The van der Waals surface area contributed by atoms with Gasteiger partial charge in [0.05, 0.1) is 6.54 Å². The molecule has 1 heterocycles. The van der Waals surface area contributed by atoms with Crippen LogP contribution >= 0.6 is 0 Å². The van der Waals surface area contributed by atoms with E-state index in [2.05, 4.69) is 0 Å². The second kappa shape index (κ2) is 3.96. The lowest BCUT2D eigenvalue weighted by Gasteiger charge is -2.04. The van der Waals surface area contributed by atoms with Crippen molar-refractivity contribution in [3.8, 4) is 0 Å². The van der Waals surface area contributed by atoms with E-state index >= 15 is 0 Å². The van der Waals surface area contributed by atoms with Crippen LogP contribution in [0.15, 0.2) is 36.5 Å². The molecule has 1 fully saturated rings. The van der Waals surface area contributed by atoms with Gasteiger partial charge in [0.15, 0.2) is 0 Å². The Bertz CT molecular complexity index is 346. The molecule has 1 aromatic rings. The first-order valence-corrected chi connectivity index (χ1v) is 4.53. The Balaban J connectivity index is 2.03. The molecule has 0 spiro atoms. The van der Waals surface area contributed by atoms with Crippen LogP contribution in [0.1, 0.15) is 5.56 Å². The molecule has 1 aliphatic heterocycles. The van der Waals surface area contributed by atoms with Gasteiger partial charge >= 0.3 is 6.09 Å². The molecular weight excluding hydrogens is 178 g/mol. The Labute approximate surface area is 82.6 Å². The summed E-state index contributed by atoms with van der Waals surface area (Å²) in [5, 5.41) is 0. The van der Waals surface area contributed by atoms with Gasteiger partial charge in [0.2, 0.25) is 0 Å². The largest absolute Gasteiger partial charge is 0.447 e. The minimum absolute atomic E-state index is 0.266. The second-order valence-electron chi connectivity index (χ2n) is 3.03. The monoisotopic (exact) mass is 189 g/mol. The minimum Gasteiger partial charge on any atom is -0.447 e. The number of cyclic esters (lactones) is 1. The molecule has 72 valence electrons. The van der Waals surface area contributed by atoms with Crippen LogP contribution in [0.3, 0.4) is 0 Å². The quantitative estimate of drug-likeness (QED) is 0.713. The zero-order chi connectivity index (χ0) is 9.80. The summed E-state index contributed by atoms with van der Waals surface area (Å²) in [6, 6.07) is 9.85. The molecule has 14 heavy (non-hydrogen) atoms. The summed E-state index contributed by atoms with van der Waals surface area (Å²) in [7, 11) is 0. The number of amides is 1. The van der Waals surface area contributed by atoms with Crippen molar-refractivity contribution in [1.82, 2.24) is 4.90 Å². The van der Waals surface area contributed by atoms with Gasteiger partial charge in [0.25, 0.3) is 0 Å². The normalized spacial score (nSPS) is 16.3. The highest BCUT2D eigenvalue weighted by Gasteiger charge is 2.18. The van der Waals surface area contributed by atoms with E-state index in [1.165, 1.54) is 0 Å². The Hall–Kier alpha value is -1.77. The van der Waals surface area contributed by atoms with Crippen molar-refractivity contribution >= 4 is 12.2 Å². The van der Waals surface area contributed by atoms with Gasteiger partial charge in [-0.25, -0.2) is 4.79 Å². The number of benzene rings is 1. The van der Waals surface area contributed by atoms with E-state index in [-0.39, 0.29) is 6.09 Å². The fraction of sp³-hybridized carbons (Fsp3) is 0.182. The molecule has 1 aliphatic rings. The van der Waals surface area contributed by atoms with Crippen LogP contribution in [0.2, 0.25) is 0 Å². The summed E-state index contributed by atoms with van der Waals surface area (Å²) in [6.45, 7) is 1.13. The van der Waals surface area contributed by atoms with E-state index in [4.69, 9.17) is 4.74 Å². The smallest absolute Gasteiger partial charge is 0.413 e. The molecule has 0 unspecified atom stereocenters. The third kappa shape index (κ3) is 1.93. The van der Waals surface area contributed by atoms with Crippen molar-refractivity contribution in [3.63, 3.8) is 0 Å². The van der Waals surface area contributed by atoms with Gasteiger partial charge in [0.1, 0.15) is 6.61 Å². The molecule has 3 heteroatoms. The number of hydrogen-bond acceptors (Lipinski definition) is 2. The summed E-state index contributed by atoms with van der Waals surface area (Å²) in [5.41, 5.74) is 1.08. The van der Waals surface area contributed by atoms with E-state index in [0.717, 1.165) is 5.56 Å². The molecule has 0 saturated carbocycles. The van der Waals surface area contributed by atoms with E-state index in [1.807, 2.05) is 36.4 Å². The fourth-order valence-electron chi connectivity index (χ4n) is 1.28. The zero-order valence-corrected chi connectivity index (χ0v) is 7.72. The molecule has 1 amide bonds. The lowest BCUT2D eigenvalue weighted by Crippen LogP contribution is -2.16. The summed E-state index contributed by atoms with van der Waals surface area (Å²) >= 11 is 0. The predicted molar refractivity (Wildman–Crippen MR) is 53.5 cm³/mol. The number of nitrogens with zero attached hydrogens (tertiary/aromatic N) is 1. The fourth-order valence-corrected chi connectivity index (χ4v) is 1.28. The summed E-state index contributed by atoms with van der Waals surface area (Å²) in [4.78, 5) is 12.6. The molecule has 2 rings (SSSR count). The Morgan fingerprint density at radius 3 is 2.71 bits per heavy atom. The van der Waals surface area contributed by atoms with E-state index in [9.17, 15) is 4.79 Å². The molecule has 1 saturated heterocycles. The maximum absolute atomic E-state index is 11.0. The van der Waals surface area contributed by atoms with Crippen molar-refractivity contribution in [3.05, 3.63) is 42.1 Å². The topological polar surface area (TPSA) is 29.5 Å². The van der Waals surface area contributed by atoms with Gasteiger partial charge in [-0.3, -0.25) is 4.90 Å². The minimum atomic E-state index is -0.266.